The van der Waals surface area contributed by atoms with Crippen LogP contribution in [0.15, 0.2) is 6.33 Å². The maximum Gasteiger partial charge on any atom is 0.245 e. The van der Waals surface area contributed by atoms with E-state index in [-0.39, 0.29) is 5.95 Å². The Labute approximate surface area is 99.0 Å². The molecule has 0 aromatic carbocycles. The quantitative estimate of drug-likeness (QED) is 0.724. The predicted octanol–water partition coefficient (Wildman–Crippen LogP) is 0.266. The minimum atomic E-state index is 0.173. The van der Waals surface area contributed by atoms with Crippen molar-refractivity contribution in [1.82, 2.24) is 24.8 Å². The molecule has 2 aromatic rings. The normalized spacial score (nSPS) is 11.2. The highest BCUT2D eigenvalue weighted by Gasteiger charge is 2.09. The highest BCUT2D eigenvalue weighted by atomic mass is 16.5. The number of H-pyrrole nitrogens is 1. The van der Waals surface area contributed by atoms with Crippen molar-refractivity contribution >= 4 is 17.1 Å². The fourth-order valence-electron chi connectivity index (χ4n) is 1.48. The first-order valence-electron chi connectivity index (χ1n) is 5.41. The van der Waals surface area contributed by atoms with Crippen LogP contribution in [0.4, 0.5) is 5.95 Å². The summed E-state index contributed by atoms with van der Waals surface area (Å²) in [5, 5.41) is 0. The van der Waals surface area contributed by atoms with Gasteiger partial charge in [0.1, 0.15) is 5.52 Å². The van der Waals surface area contributed by atoms with E-state index in [2.05, 4.69) is 24.8 Å². The van der Waals surface area contributed by atoms with E-state index in [4.69, 9.17) is 10.5 Å². The number of rotatable bonds is 5. The molecule has 0 saturated carbocycles. The summed E-state index contributed by atoms with van der Waals surface area (Å²) >= 11 is 0. The van der Waals surface area contributed by atoms with Gasteiger partial charge in [-0.05, 0) is 20.5 Å². The van der Waals surface area contributed by atoms with Crippen molar-refractivity contribution in [1.29, 1.82) is 0 Å². The predicted molar refractivity (Wildman–Crippen MR) is 64.8 cm³/mol. The number of nitrogens with one attached hydrogen (secondary N) is 1. The molecule has 17 heavy (non-hydrogen) atoms. The molecule has 7 nitrogen and oxygen atoms in total. The van der Waals surface area contributed by atoms with Gasteiger partial charge in [0.25, 0.3) is 0 Å². The maximum absolute atomic E-state index is 5.58. The van der Waals surface area contributed by atoms with E-state index < -0.39 is 0 Å². The van der Waals surface area contributed by atoms with Crippen molar-refractivity contribution in [2.24, 2.45) is 0 Å². The molecule has 0 saturated heterocycles. The third-order valence-corrected chi connectivity index (χ3v) is 2.26. The van der Waals surface area contributed by atoms with Crippen molar-refractivity contribution < 1.29 is 4.74 Å². The molecule has 92 valence electrons. The first kappa shape index (κ1) is 11.6. The Hall–Kier alpha value is -1.89. The average molecular weight is 236 g/mol. The first-order valence-corrected chi connectivity index (χ1v) is 5.41. The number of imidazole rings is 1. The van der Waals surface area contributed by atoms with Crippen molar-refractivity contribution in [2.75, 3.05) is 33.0 Å². The second kappa shape index (κ2) is 4.96. The summed E-state index contributed by atoms with van der Waals surface area (Å²) in [6.45, 7) is 1.55. The highest BCUT2D eigenvalue weighted by Crippen LogP contribution is 2.19. The molecule has 0 spiro atoms. The van der Waals surface area contributed by atoms with Crippen molar-refractivity contribution in [2.45, 2.75) is 6.42 Å². The van der Waals surface area contributed by atoms with Crippen molar-refractivity contribution in [3.05, 3.63) is 6.33 Å². The molecule has 0 fully saturated rings. The Morgan fingerprint density at radius 2 is 2.24 bits per heavy atom. The van der Waals surface area contributed by atoms with Crippen LogP contribution in [0.2, 0.25) is 0 Å². The number of nitrogen functional groups attached to an aromatic ring is 1. The van der Waals surface area contributed by atoms with Gasteiger partial charge in [-0.1, -0.05) is 0 Å². The molecule has 0 aliphatic carbocycles. The minimum Gasteiger partial charge on any atom is -0.476 e. The van der Waals surface area contributed by atoms with Gasteiger partial charge in [-0.3, -0.25) is 0 Å². The van der Waals surface area contributed by atoms with Gasteiger partial charge in [0.05, 0.1) is 12.9 Å². The molecule has 0 amide bonds. The van der Waals surface area contributed by atoms with Crippen LogP contribution in [-0.4, -0.2) is 52.1 Å². The van der Waals surface area contributed by atoms with Gasteiger partial charge in [-0.2, -0.15) is 9.97 Å². The lowest BCUT2D eigenvalue weighted by Gasteiger charge is -2.10. The Bertz CT molecular complexity index is 495. The van der Waals surface area contributed by atoms with Crippen LogP contribution in [0.25, 0.3) is 11.2 Å². The fourth-order valence-corrected chi connectivity index (χ4v) is 1.48. The summed E-state index contributed by atoms with van der Waals surface area (Å²) in [4.78, 5) is 17.1. The van der Waals surface area contributed by atoms with E-state index in [1.54, 1.807) is 6.33 Å². The number of anilines is 1. The van der Waals surface area contributed by atoms with Crippen molar-refractivity contribution in [3.63, 3.8) is 0 Å². The molecule has 7 heteroatoms. The van der Waals surface area contributed by atoms with E-state index >= 15 is 0 Å². The van der Waals surface area contributed by atoms with Crippen LogP contribution < -0.4 is 10.5 Å². The standard InChI is InChI=1S/C10H16N6O/c1-16(2)4-3-5-17-9-7-8(13-6-12-7)14-10(11)15-9/h6H,3-5H2,1-2H3,(H3,11,12,13,14,15). The third kappa shape index (κ3) is 2.82. The molecule has 0 unspecified atom stereocenters. The van der Waals surface area contributed by atoms with Gasteiger partial charge < -0.3 is 20.4 Å². The molecule has 2 aromatic heterocycles. The van der Waals surface area contributed by atoms with Crippen LogP contribution in [0.1, 0.15) is 6.42 Å². The zero-order chi connectivity index (χ0) is 12.3. The monoisotopic (exact) mass is 236 g/mol. The van der Waals surface area contributed by atoms with Gasteiger partial charge in [0.2, 0.25) is 11.8 Å². The van der Waals surface area contributed by atoms with E-state index in [1.807, 2.05) is 14.1 Å². The van der Waals surface area contributed by atoms with Gasteiger partial charge in [-0.15, -0.1) is 0 Å². The topological polar surface area (TPSA) is 92.9 Å². The number of hydrogen-bond donors (Lipinski definition) is 2. The lowest BCUT2D eigenvalue weighted by molar-refractivity contribution is 0.276. The molecule has 0 aliphatic heterocycles. The average Bonchev–Trinajstić information content (AvgIpc) is 2.71. The summed E-state index contributed by atoms with van der Waals surface area (Å²) in [5.41, 5.74) is 6.78. The van der Waals surface area contributed by atoms with E-state index in [9.17, 15) is 0 Å². The van der Waals surface area contributed by atoms with Gasteiger partial charge in [-0.25, -0.2) is 4.98 Å². The summed E-state index contributed by atoms with van der Waals surface area (Å²) in [6.07, 6.45) is 2.47. The second-order valence-corrected chi connectivity index (χ2v) is 3.99. The fraction of sp³-hybridized carbons (Fsp3) is 0.500. The summed E-state index contributed by atoms with van der Waals surface area (Å²) in [7, 11) is 4.05. The van der Waals surface area contributed by atoms with Crippen LogP contribution in [0.3, 0.4) is 0 Å². The highest BCUT2D eigenvalue weighted by molar-refractivity contribution is 5.76. The van der Waals surface area contributed by atoms with Gasteiger partial charge >= 0.3 is 0 Å². The molecular weight excluding hydrogens is 220 g/mol. The maximum atomic E-state index is 5.58. The number of aromatic nitrogens is 4. The second-order valence-electron chi connectivity index (χ2n) is 3.99. The smallest absolute Gasteiger partial charge is 0.245 e. The largest absolute Gasteiger partial charge is 0.476 e. The summed E-state index contributed by atoms with van der Waals surface area (Å²) in [6, 6.07) is 0. The lowest BCUT2D eigenvalue weighted by Crippen LogP contribution is -2.16. The van der Waals surface area contributed by atoms with Crippen LogP contribution in [0, 0.1) is 0 Å². The summed E-state index contributed by atoms with van der Waals surface area (Å²) in [5.74, 6) is 0.635. The number of fused-ring (bicyclic) bond motifs is 1. The minimum absolute atomic E-state index is 0.173. The van der Waals surface area contributed by atoms with Crippen LogP contribution >= 0.6 is 0 Å². The van der Waals surface area contributed by atoms with Gasteiger partial charge in [0, 0.05) is 6.54 Å². The van der Waals surface area contributed by atoms with E-state index in [0.717, 1.165) is 13.0 Å². The Kier molecular flexibility index (Phi) is 3.38. The number of nitrogens with zero attached hydrogens (tertiary/aromatic N) is 4. The van der Waals surface area contributed by atoms with E-state index in [0.29, 0.717) is 23.7 Å². The Morgan fingerprint density at radius 3 is 3.00 bits per heavy atom. The van der Waals surface area contributed by atoms with Gasteiger partial charge in [0.15, 0.2) is 5.65 Å². The molecule has 0 atom stereocenters. The first-order chi connectivity index (χ1) is 8.16. The lowest BCUT2D eigenvalue weighted by atomic mass is 10.4. The number of nitrogens with two attached hydrogens (primary N) is 1. The van der Waals surface area contributed by atoms with Crippen LogP contribution in [0.5, 0.6) is 5.88 Å². The number of aromatic amines is 1. The summed E-state index contributed by atoms with van der Waals surface area (Å²) < 4.78 is 5.58. The zero-order valence-electron chi connectivity index (χ0n) is 9.97. The van der Waals surface area contributed by atoms with E-state index in [1.165, 1.54) is 0 Å². The number of ether oxygens (including phenoxy) is 1. The van der Waals surface area contributed by atoms with Crippen LogP contribution in [-0.2, 0) is 0 Å². The van der Waals surface area contributed by atoms with Crippen molar-refractivity contribution in [3.8, 4) is 5.88 Å². The number of hydrogen-bond acceptors (Lipinski definition) is 6. The zero-order valence-corrected chi connectivity index (χ0v) is 9.97. The molecule has 0 radical (unpaired) electrons. The molecular formula is C10H16N6O. The third-order valence-electron chi connectivity index (χ3n) is 2.26. The molecule has 2 heterocycles. The molecule has 0 bridgehead atoms. The molecule has 2 rings (SSSR count). The SMILES string of the molecule is CN(C)CCCOc1nc(N)nc2nc[nH]c12. The Balaban J connectivity index is 2.04. The molecule has 0 aliphatic rings. The molecule has 3 N–H and O–H groups in total. The Morgan fingerprint density at radius 1 is 1.41 bits per heavy atom.